The first kappa shape index (κ1) is 11.1. The molecule has 0 spiro atoms. The number of ether oxygens (including phenoxy) is 1. The Morgan fingerprint density at radius 1 is 1.38 bits per heavy atom. The summed E-state index contributed by atoms with van der Waals surface area (Å²) in [7, 11) is 0. The Bertz CT molecular complexity index is 425. The molecule has 2 N–H and O–H groups in total. The van der Waals surface area contributed by atoms with Gasteiger partial charge in [0.05, 0.1) is 5.56 Å². The highest BCUT2D eigenvalue weighted by molar-refractivity contribution is 5.89. The molecule has 0 aliphatic carbocycles. The van der Waals surface area contributed by atoms with Gasteiger partial charge in [-0.2, -0.15) is 0 Å². The molecule has 0 saturated carbocycles. The van der Waals surface area contributed by atoms with Crippen molar-refractivity contribution in [2.75, 3.05) is 0 Å². The zero-order valence-corrected chi connectivity index (χ0v) is 9.18. The predicted octanol–water partition coefficient (Wildman–Crippen LogP) is 1.38. The van der Waals surface area contributed by atoms with Gasteiger partial charge in [-0.15, -0.1) is 0 Å². The van der Waals surface area contributed by atoms with E-state index in [0.717, 1.165) is 0 Å². The lowest BCUT2D eigenvalue weighted by Gasteiger charge is -2.24. The Morgan fingerprint density at radius 2 is 1.94 bits per heavy atom. The van der Waals surface area contributed by atoms with Crippen molar-refractivity contribution in [3.63, 3.8) is 0 Å². The molecule has 1 saturated heterocycles. The molecule has 1 aliphatic rings. The number of carboxylic acids is 1. The van der Waals surface area contributed by atoms with Gasteiger partial charge in [-0.1, -0.05) is 32.0 Å². The molecule has 1 fully saturated rings. The number of hydrogen-bond donors (Lipinski definition) is 2. The molecule has 2 rings (SSSR count). The first-order chi connectivity index (χ1) is 7.44. The standard InChI is InChI=1S/C12H14O4/c1-12(2,9-11(15)16-9)8-6-4-3-5-7(8)10(13)14/h3-6,9,11,15H,1-2H3,(H,13,14). The van der Waals surface area contributed by atoms with Crippen molar-refractivity contribution in [2.24, 2.45) is 0 Å². The third-order valence-corrected chi connectivity index (χ3v) is 3.03. The van der Waals surface area contributed by atoms with E-state index in [1.807, 2.05) is 13.8 Å². The number of aliphatic hydroxyl groups is 1. The zero-order valence-electron chi connectivity index (χ0n) is 9.18. The maximum Gasteiger partial charge on any atom is 0.335 e. The average molecular weight is 222 g/mol. The van der Waals surface area contributed by atoms with Crippen molar-refractivity contribution < 1.29 is 19.7 Å². The number of epoxide rings is 1. The molecule has 1 aromatic rings. The fraction of sp³-hybridized carbons (Fsp3) is 0.417. The van der Waals surface area contributed by atoms with Crippen molar-refractivity contribution >= 4 is 5.97 Å². The summed E-state index contributed by atoms with van der Waals surface area (Å²) >= 11 is 0. The molecule has 0 radical (unpaired) electrons. The molecular formula is C12H14O4. The highest BCUT2D eigenvalue weighted by Gasteiger charge is 2.50. The largest absolute Gasteiger partial charge is 0.478 e. The minimum absolute atomic E-state index is 0.259. The summed E-state index contributed by atoms with van der Waals surface area (Å²) in [5.74, 6) is -0.959. The molecule has 2 atom stereocenters. The second kappa shape index (κ2) is 3.57. The van der Waals surface area contributed by atoms with Crippen molar-refractivity contribution in [3.8, 4) is 0 Å². The average Bonchev–Trinajstić information content (AvgIpc) is 2.96. The highest BCUT2D eigenvalue weighted by Crippen LogP contribution is 2.40. The van der Waals surface area contributed by atoms with Crippen LogP contribution in [-0.2, 0) is 10.2 Å². The Kier molecular flexibility index (Phi) is 2.48. The molecule has 0 amide bonds. The minimum Gasteiger partial charge on any atom is -0.478 e. The van der Waals surface area contributed by atoms with Crippen LogP contribution in [-0.4, -0.2) is 28.6 Å². The summed E-state index contributed by atoms with van der Waals surface area (Å²) in [4.78, 5) is 11.1. The van der Waals surface area contributed by atoms with Gasteiger partial charge in [0, 0.05) is 5.41 Å². The summed E-state index contributed by atoms with van der Waals surface area (Å²) < 4.78 is 5.03. The van der Waals surface area contributed by atoms with E-state index in [4.69, 9.17) is 9.84 Å². The van der Waals surface area contributed by atoms with Gasteiger partial charge in [-0.3, -0.25) is 0 Å². The van der Waals surface area contributed by atoms with Crippen LogP contribution in [0.2, 0.25) is 0 Å². The van der Waals surface area contributed by atoms with Crippen LogP contribution in [0.4, 0.5) is 0 Å². The van der Waals surface area contributed by atoms with Gasteiger partial charge >= 0.3 is 5.97 Å². The van der Waals surface area contributed by atoms with Crippen molar-refractivity contribution in [1.29, 1.82) is 0 Å². The van der Waals surface area contributed by atoms with Gasteiger partial charge in [0.25, 0.3) is 0 Å². The lowest BCUT2D eigenvalue weighted by atomic mass is 9.79. The van der Waals surface area contributed by atoms with Crippen LogP contribution in [0.3, 0.4) is 0 Å². The van der Waals surface area contributed by atoms with Gasteiger partial charge in [0.15, 0.2) is 6.29 Å². The topological polar surface area (TPSA) is 70.1 Å². The van der Waals surface area contributed by atoms with E-state index < -0.39 is 17.7 Å². The third kappa shape index (κ3) is 1.70. The highest BCUT2D eigenvalue weighted by atomic mass is 16.7. The van der Waals surface area contributed by atoms with Gasteiger partial charge in [0.1, 0.15) is 6.10 Å². The number of aromatic carboxylic acids is 1. The quantitative estimate of drug-likeness (QED) is 0.758. The molecule has 86 valence electrons. The molecule has 4 nitrogen and oxygen atoms in total. The van der Waals surface area contributed by atoms with E-state index >= 15 is 0 Å². The van der Waals surface area contributed by atoms with Gasteiger partial charge < -0.3 is 14.9 Å². The maximum atomic E-state index is 11.1. The third-order valence-electron chi connectivity index (χ3n) is 3.03. The summed E-state index contributed by atoms with van der Waals surface area (Å²) in [6.45, 7) is 3.74. The number of benzene rings is 1. The molecule has 0 aromatic heterocycles. The Morgan fingerprint density at radius 3 is 2.44 bits per heavy atom. The monoisotopic (exact) mass is 222 g/mol. The van der Waals surface area contributed by atoms with Crippen LogP contribution in [0.5, 0.6) is 0 Å². The Hall–Kier alpha value is -1.39. The van der Waals surface area contributed by atoms with Gasteiger partial charge in [-0.25, -0.2) is 4.79 Å². The number of carbonyl (C=O) groups is 1. The van der Waals surface area contributed by atoms with Crippen molar-refractivity contribution in [3.05, 3.63) is 35.4 Å². The second-order valence-electron chi connectivity index (χ2n) is 4.52. The molecule has 1 aliphatic heterocycles. The van der Waals surface area contributed by atoms with Crippen LogP contribution >= 0.6 is 0 Å². The van der Waals surface area contributed by atoms with E-state index in [9.17, 15) is 9.90 Å². The normalized spacial score (nSPS) is 24.2. The van der Waals surface area contributed by atoms with Crippen LogP contribution in [0.1, 0.15) is 29.8 Å². The molecule has 16 heavy (non-hydrogen) atoms. The van der Waals surface area contributed by atoms with Gasteiger partial charge in [-0.05, 0) is 11.6 Å². The zero-order chi connectivity index (χ0) is 11.9. The van der Waals surface area contributed by atoms with E-state index in [1.54, 1.807) is 24.3 Å². The van der Waals surface area contributed by atoms with E-state index in [1.165, 1.54) is 0 Å². The van der Waals surface area contributed by atoms with Crippen molar-refractivity contribution in [1.82, 2.24) is 0 Å². The SMILES string of the molecule is CC(C)(c1ccccc1C(=O)O)C1OC1O. The fourth-order valence-electron chi connectivity index (χ4n) is 2.02. The molecule has 2 unspecified atom stereocenters. The predicted molar refractivity (Wildman–Crippen MR) is 57.3 cm³/mol. The van der Waals surface area contributed by atoms with E-state index in [2.05, 4.69) is 0 Å². The molecule has 1 heterocycles. The lowest BCUT2D eigenvalue weighted by Crippen LogP contribution is -2.28. The van der Waals surface area contributed by atoms with Crippen molar-refractivity contribution in [2.45, 2.75) is 31.7 Å². The number of rotatable bonds is 3. The number of aliphatic hydroxyl groups excluding tert-OH is 1. The molecule has 0 bridgehead atoms. The van der Waals surface area contributed by atoms with Crippen LogP contribution in [0.25, 0.3) is 0 Å². The van der Waals surface area contributed by atoms with Crippen LogP contribution in [0, 0.1) is 0 Å². The van der Waals surface area contributed by atoms with E-state index in [0.29, 0.717) is 5.56 Å². The second-order valence-corrected chi connectivity index (χ2v) is 4.52. The van der Waals surface area contributed by atoms with E-state index in [-0.39, 0.29) is 11.7 Å². The molecule has 4 heteroatoms. The first-order valence-electron chi connectivity index (χ1n) is 5.11. The summed E-state index contributed by atoms with van der Waals surface area (Å²) in [5.41, 5.74) is 0.438. The molecule has 1 aromatic carbocycles. The summed E-state index contributed by atoms with van der Waals surface area (Å²) in [6.07, 6.45) is -1.11. The Balaban J connectivity index is 2.43. The number of hydrogen-bond acceptors (Lipinski definition) is 3. The fourth-order valence-corrected chi connectivity index (χ4v) is 2.02. The first-order valence-corrected chi connectivity index (χ1v) is 5.11. The van der Waals surface area contributed by atoms with Crippen LogP contribution < -0.4 is 0 Å². The summed E-state index contributed by atoms with van der Waals surface area (Å²) in [5, 5.41) is 18.4. The minimum atomic E-state index is -0.959. The lowest BCUT2D eigenvalue weighted by molar-refractivity contribution is 0.0693. The number of carboxylic acid groups (broad SMARTS) is 1. The smallest absolute Gasteiger partial charge is 0.335 e. The maximum absolute atomic E-state index is 11.1. The van der Waals surface area contributed by atoms with Crippen LogP contribution in [0.15, 0.2) is 24.3 Å². The Labute approximate surface area is 93.5 Å². The van der Waals surface area contributed by atoms with Gasteiger partial charge in [0.2, 0.25) is 0 Å². The molecular weight excluding hydrogens is 208 g/mol. The summed E-state index contributed by atoms with van der Waals surface area (Å²) in [6, 6.07) is 6.80.